The summed E-state index contributed by atoms with van der Waals surface area (Å²) in [7, 11) is -4.75. The van der Waals surface area contributed by atoms with Crippen LogP contribution in [-0.2, 0) is 10.1 Å². The van der Waals surface area contributed by atoms with Crippen LogP contribution in [0.2, 0.25) is 0 Å². The molecule has 0 aromatic carbocycles. The van der Waals surface area contributed by atoms with Crippen LogP contribution in [0.4, 0.5) is 0 Å². The zero-order valence-corrected chi connectivity index (χ0v) is 9.24. The Morgan fingerprint density at radius 1 is 1.20 bits per heavy atom. The van der Waals surface area contributed by atoms with Crippen molar-refractivity contribution in [1.29, 1.82) is 0 Å². The predicted molar refractivity (Wildman–Crippen MR) is 52.5 cm³/mol. The van der Waals surface area contributed by atoms with Crippen LogP contribution < -0.4 is 5.73 Å². The molecule has 0 radical (unpaired) electrons. The molecule has 0 amide bonds. The molecule has 0 aliphatic heterocycles. The smallest absolute Gasteiger partial charge is 0.286 e. The zero-order valence-electron chi connectivity index (χ0n) is 8.42. The molecule has 0 aromatic rings. The molecule has 6 N–H and O–H groups in total. The Labute approximate surface area is 88.3 Å². The van der Waals surface area contributed by atoms with E-state index in [0.29, 0.717) is 0 Å². The van der Waals surface area contributed by atoms with E-state index >= 15 is 0 Å². The van der Waals surface area contributed by atoms with Gasteiger partial charge in [0.2, 0.25) is 0 Å². The van der Waals surface area contributed by atoms with Crippen molar-refractivity contribution in [3.05, 3.63) is 0 Å². The lowest BCUT2D eigenvalue weighted by molar-refractivity contribution is -0.0162. The lowest BCUT2D eigenvalue weighted by Crippen LogP contribution is -2.64. The summed E-state index contributed by atoms with van der Waals surface area (Å²) >= 11 is 0. The third-order valence-corrected chi connectivity index (χ3v) is 4.02. The van der Waals surface area contributed by atoms with E-state index in [9.17, 15) is 13.5 Å². The molecule has 8 heteroatoms. The van der Waals surface area contributed by atoms with E-state index in [1.165, 1.54) is 0 Å². The van der Waals surface area contributed by atoms with Gasteiger partial charge in [-0.25, -0.2) is 0 Å². The minimum atomic E-state index is -4.75. The Kier molecular flexibility index (Phi) is 4.65. The molecule has 0 spiro atoms. The second-order valence-electron chi connectivity index (χ2n) is 3.59. The van der Waals surface area contributed by atoms with Gasteiger partial charge in [0.25, 0.3) is 10.1 Å². The highest BCUT2D eigenvalue weighted by atomic mass is 32.2. The molecular formula is C7H17NO6S. The highest BCUT2D eigenvalue weighted by molar-refractivity contribution is 7.87. The van der Waals surface area contributed by atoms with Crippen LogP contribution >= 0.6 is 0 Å². The number of aliphatic hydroxyl groups excluding tert-OH is 2. The Morgan fingerprint density at radius 3 is 1.87 bits per heavy atom. The average Bonchev–Trinajstić information content (AvgIpc) is 2.02. The van der Waals surface area contributed by atoms with E-state index in [2.05, 4.69) is 0 Å². The normalized spacial score (nSPS) is 20.7. The number of hydrogen-bond acceptors (Lipinski definition) is 6. The van der Waals surface area contributed by atoms with E-state index in [-0.39, 0.29) is 6.42 Å². The predicted octanol–water partition coefficient (Wildman–Crippen LogP) is -1.95. The van der Waals surface area contributed by atoms with Crippen molar-refractivity contribution in [3.63, 3.8) is 0 Å². The molecule has 15 heavy (non-hydrogen) atoms. The number of rotatable bonds is 6. The van der Waals surface area contributed by atoms with E-state index in [1.807, 2.05) is 0 Å². The van der Waals surface area contributed by atoms with Crippen LogP contribution in [0.25, 0.3) is 0 Å². The molecule has 2 unspecified atom stereocenters. The van der Waals surface area contributed by atoms with Crippen molar-refractivity contribution in [2.45, 2.75) is 30.2 Å². The summed E-state index contributed by atoms with van der Waals surface area (Å²) in [6.45, 7) is -0.0303. The van der Waals surface area contributed by atoms with Gasteiger partial charge in [-0.1, -0.05) is 0 Å². The highest BCUT2D eigenvalue weighted by Gasteiger charge is 2.53. The third kappa shape index (κ3) is 2.86. The van der Waals surface area contributed by atoms with Gasteiger partial charge in [0.1, 0.15) is 0 Å². The van der Waals surface area contributed by atoms with Gasteiger partial charge in [-0.2, -0.15) is 8.42 Å². The number of nitrogens with two attached hydrogens (primary N) is 1. The number of hydrogen-bond donors (Lipinski definition) is 5. The molecule has 0 saturated heterocycles. The van der Waals surface area contributed by atoms with Crippen molar-refractivity contribution in [2.24, 2.45) is 5.73 Å². The van der Waals surface area contributed by atoms with Crippen LogP contribution in [-0.4, -0.2) is 52.0 Å². The molecule has 0 aliphatic carbocycles. The van der Waals surface area contributed by atoms with Crippen LogP contribution in [0, 0.1) is 0 Å². The first-order valence-corrected chi connectivity index (χ1v) is 5.76. The van der Waals surface area contributed by atoms with E-state index in [1.54, 1.807) is 0 Å². The van der Waals surface area contributed by atoms with E-state index in [4.69, 9.17) is 20.5 Å². The maximum absolute atomic E-state index is 11.0. The van der Waals surface area contributed by atoms with Crippen molar-refractivity contribution < 1.29 is 28.3 Å². The van der Waals surface area contributed by atoms with Crippen molar-refractivity contribution in [2.75, 3.05) is 13.2 Å². The molecule has 92 valence electrons. The van der Waals surface area contributed by atoms with Crippen LogP contribution in [0.1, 0.15) is 19.8 Å². The van der Waals surface area contributed by atoms with E-state index < -0.39 is 40.2 Å². The molecule has 0 aromatic heterocycles. The molecule has 0 saturated carbocycles. The monoisotopic (exact) mass is 243 g/mol. The quantitative estimate of drug-likeness (QED) is 0.341. The second-order valence-corrected chi connectivity index (χ2v) is 5.26. The summed E-state index contributed by atoms with van der Waals surface area (Å²) in [5.41, 5.74) is 3.36. The lowest BCUT2D eigenvalue weighted by Gasteiger charge is -2.39. The second kappa shape index (κ2) is 4.73. The fourth-order valence-electron chi connectivity index (χ4n) is 1.27. The van der Waals surface area contributed by atoms with Gasteiger partial charge >= 0.3 is 0 Å². The minimum Gasteiger partial charge on any atom is -0.396 e. The average molecular weight is 243 g/mol. The molecule has 0 heterocycles. The summed E-state index contributed by atoms with van der Waals surface area (Å²) < 4.78 is 31.0. The number of aliphatic hydroxyl groups is 3. The SMILES string of the molecule is CC(O)(CCO)C(N)(CCO)S(=O)(=O)O. The Hall–Kier alpha value is -0.250. The molecule has 0 bridgehead atoms. The van der Waals surface area contributed by atoms with Crippen molar-refractivity contribution in [3.8, 4) is 0 Å². The molecule has 0 rings (SSSR count). The topological polar surface area (TPSA) is 141 Å². The van der Waals surface area contributed by atoms with Gasteiger partial charge < -0.3 is 21.1 Å². The molecule has 0 fully saturated rings. The first kappa shape index (κ1) is 14.8. The first-order valence-electron chi connectivity index (χ1n) is 4.32. The molecule has 0 aliphatic rings. The van der Waals surface area contributed by atoms with Crippen LogP contribution in [0.3, 0.4) is 0 Å². The molecular weight excluding hydrogens is 226 g/mol. The summed E-state index contributed by atoms with van der Waals surface area (Å²) in [6.07, 6.45) is -0.859. The zero-order chi connectivity index (χ0) is 12.3. The van der Waals surface area contributed by atoms with Gasteiger partial charge in [-0.3, -0.25) is 4.55 Å². The van der Waals surface area contributed by atoms with Crippen LogP contribution in [0.5, 0.6) is 0 Å². The standard InChI is InChI=1S/C7H17NO6S/c1-6(11,2-4-9)7(8,3-5-10)15(12,13)14/h9-11H,2-5,8H2,1H3,(H,12,13,14). The third-order valence-electron chi connectivity index (χ3n) is 2.45. The van der Waals surface area contributed by atoms with E-state index in [0.717, 1.165) is 6.92 Å². The maximum atomic E-state index is 11.0. The Morgan fingerprint density at radius 2 is 1.60 bits per heavy atom. The fourth-order valence-corrected chi connectivity index (χ4v) is 2.28. The largest absolute Gasteiger partial charge is 0.396 e. The summed E-state index contributed by atoms with van der Waals surface area (Å²) in [4.78, 5) is -2.39. The summed E-state index contributed by atoms with van der Waals surface area (Å²) in [5, 5.41) is 27.1. The van der Waals surface area contributed by atoms with Crippen molar-refractivity contribution >= 4 is 10.1 Å². The Bertz CT molecular complexity index is 301. The van der Waals surface area contributed by atoms with Gasteiger partial charge in [0.05, 0.1) is 5.60 Å². The minimum absolute atomic E-state index is 0.330. The maximum Gasteiger partial charge on any atom is 0.286 e. The fraction of sp³-hybridized carbons (Fsp3) is 1.00. The van der Waals surface area contributed by atoms with Crippen LogP contribution in [0.15, 0.2) is 0 Å². The van der Waals surface area contributed by atoms with Gasteiger partial charge in [-0.05, 0) is 6.92 Å². The Balaban J connectivity index is 5.29. The van der Waals surface area contributed by atoms with Crippen molar-refractivity contribution in [1.82, 2.24) is 0 Å². The lowest BCUT2D eigenvalue weighted by atomic mass is 9.91. The van der Waals surface area contributed by atoms with Gasteiger partial charge in [0, 0.05) is 26.1 Å². The van der Waals surface area contributed by atoms with Gasteiger partial charge in [0.15, 0.2) is 4.87 Å². The molecule has 2 atom stereocenters. The summed E-state index contributed by atoms with van der Waals surface area (Å²) in [6, 6.07) is 0. The van der Waals surface area contributed by atoms with Gasteiger partial charge in [-0.15, -0.1) is 0 Å². The highest BCUT2D eigenvalue weighted by Crippen LogP contribution is 2.30. The summed E-state index contributed by atoms with van der Waals surface area (Å²) in [5.74, 6) is 0. The first-order chi connectivity index (χ1) is 6.62. The molecule has 7 nitrogen and oxygen atoms in total.